The van der Waals surface area contributed by atoms with Crippen LogP contribution in [-0.4, -0.2) is 35.5 Å². The Bertz CT molecular complexity index is 410. The highest BCUT2D eigenvalue weighted by atomic mass is 16.2. The summed E-state index contributed by atoms with van der Waals surface area (Å²) >= 11 is 0. The molecule has 0 saturated carbocycles. The Kier molecular flexibility index (Phi) is 5.02. The van der Waals surface area contributed by atoms with Crippen LogP contribution in [0.3, 0.4) is 0 Å². The monoisotopic (exact) mass is 268 g/mol. The molecule has 7 nitrogen and oxygen atoms in total. The first-order chi connectivity index (χ1) is 8.78. The van der Waals surface area contributed by atoms with E-state index >= 15 is 0 Å². The Balaban J connectivity index is 2.28. The summed E-state index contributed by atoms with van der Waals surface area (Å²) in [6, 6.07) is 0. The smallest absolute Gasteiger partial charge is 0.267 e. The lowest BCUT2D eigenvalue weighted by Crippen LogP contribution is -2.43. The van der Waals surface area contributed by atoms with Crippen molar-refractivity contribution in [2.24, 2.45) is 5.10 Å². The lowest BCUT2D eigenvalue weighted by Gasteiger charge is -2.20. The molecule has 0 saturated heterocycles. The molecule has 7 heteroatoms. The van der Waals surface area contributed by atoms with Gasteiger partial charge >= 0.3 is 0 Å². The quantitative estimate of drug-likeness (QED) is 0.651. The predicted octanol–water partition coefficient (Wildman–Crippen LogP) is -0.327. The Labute approximate surface area is 112 Å². The topological polar surface area (TPSA) is 99.7 Å². The maximum atomic E-state index is 11.6. The molecule has 1 heterocycles. The number of carbonyl (C=O) groups excluding carboxylic acids is 3. The van der Waals surface area contributed by atoms with Crippen LogP contribution in [0.2, 0.25) is 0 Å². The minimum Gasteiger partial charge on any atom is -0.351 e. The van der Waals surface area contributed by atoms with Gasteiger partial charge in [0.05, 0.1) is 0 Å². The lowest BCUT2D eigenvalue weighted by molar-refractivity contribution is -0.122. The van der Waals surface area contributed by atoms with Crippen molar-refractivity contribution >= 4 is 23.4 Å². The maximum absolute atomic E-state index is 11.6. The molecule has 106 valence electrons. The fourth-order valence-corrected chi connectivity index (χ4v) is 1.51. The molecule has 0 atom stereocenters. The largest absolute Gasteiger partial charge is 0.351 e. The SMILES string of the molecule is CC(C)(C)NC(=O)CCNC(=O)C1=NNC(=O)CC1. The van der Waals surface area contributed by atoms with Gasteiger partial charge in [0.15, 0.2) is 0 Å². The van der Waals surface area contributed by atoms with Gasteiger partial charge in [-0.1, -0.05) is 0 Å². The summed E-state index contributed by atoms with van der Waals surface area (Å²) in [4.78, 5) is 34.0. The van der Waals surface area contributed by atoms with Gasteiger partial charge in [-0.2, -0.15) is 5.10 Å². The Morgan fingerprint density at radius 3 is 2.53 bits per heavy atom. The molecular weight excluding hydrogens is 248 g/mol. The minimum absolute atomic E-state index is 0.119. The zero-order valence-electron chi connectivity index (χ0n) is 11.5. The van der Waals surface area contributed by atoms with Crippen molar-refractivity contribution in [2.75, 3.05) is 6.54 Å². The molecule has 1 rings (SSSR count). The van der Waals surface area contributed by atoms with Crippen LogP contribution in [0.4, 0.5) is 0 Å². The molecule has 0 aromatic carbocycles. The third kappa shape index (κ3) is 5.98. The first kappa shape index (κ1) is 15.1. The third-order valence-corrected chi connectivity index (χ3v) is 2.32. The Morgan fingerprint density at radius 1 is 1.32 bits per heavy atom. The average molecular weight is 268 g/mol. The van der Waals surface area contributed by atoms with Gasteiger partial charge in [0.1, 0.15) is 5.71 Å². The second-order valence-electron chi connectivity index (χ2n) is 5.40. The second-order valence-corrected chi connectivity index (χ2v) is 5.40. The van der Waals surface area contributed by atoms with Crippen LogP contribution in [0.1, 0.15) is 40.0 Å². The molecule has 1 aliphatic rings. The molecule has 0 unspecified atom stereocenters. The van der Waals surface area contributed by atoms with Crippen molar-refractivity contribution in [3.05, 3.63) is 0 Å². The van der Waals surface area contributed by atoms with E-state index in [2.05, 4.69) is 21.2 Å². The van der Waals surface area contributed by atoms with Gasteiger partial charge in [-0.25, -0.2) is 5.43 Å². The van der Waals surface area contributed by atoms with E-state index in [4.69, 9.17) is 0 Å². The summed E-state index contributed by atoms with van der Waals surface area (Å²) in [5.74, 6) is -0.656. The van der Waals surface area contributed by atoms with E-state index in [1.807, 2.05) is 20.8 Å². The standard InChI is InChI=1S/C12H20N4O3/c1-12(2,3)14-9(17)6-7-13-11(19)8-4-5-10(18)16-15-8/h4-7H2,1-3H3,(H,13,19)(H,14,17)(H,16,18). The van der Waals surface area contributed by atoms with Crippen LogP contribution in [-0.2, 0) is 14.4 Å². The zero-order valence-corrected chi connectivity index (χ0v) is 11.5. The van der Waals surface area contributed by atoms with Crippen molar-refractivity contribution in [3.63, 3.8) is 0 Å². The molecule has 0 fully saturated rings. The number of hydrazone groups is 1. The van der Waals surface area contributed by atoms with Crippen LogP contribution in [0.25, 0.3) is 0 Å². The van der Waals surface area contributed by atoms with Gasteiger partial charge in [0.2, 0.25) is 11.8 Å². The molecule has 0 aliphatic carbocycles. The molecule has 0 aromatic heterocycles. The molecule has 0 aromatic rings. The Hall–Kier alpha value is -1.92. The highest BCUT2D eigenvalue weighted by Crippen LogP contribution is 2.00. The van der Waals surface area contributed by atoms with Gasteiger partial charge in [-0.05, 0) is 20.8 Å². The number of amides is 3. The fourth-order valence-electron chi connectivity index (χ4n) is 1.51. The van der Waals surface area contributed by atoms with Crippen LogP contribution < -0.4 is 16.1 Å². The number of nitrogens with zero attached hydrogens (tertiary/aromatic N) is 1. The van der Waals surface area contributed by atoms with Crippen LogP contribution in [0, 0.1) is 0 Å². The number of nitrogens with one attached hydrogen (secondary N) is 3. The van der Waals surface area contributed by atoms with Gasteiger partial charge in [-0.15, -0.1) is 0 Å². The highest BCUT2D eigenvalue weighted by Gasteiger charge is 2.18. The fraction of sp³-hybridized carbons (Fsp3) is 0.667. The van der Waals surface area contributed by atoms with Crippen LogP contribution >= 0.6 is 0 Å². The van der Waals surface area contributed by atoms with Gasteiger partial charge in [0.25, 0.3) is 5.91 Å². The summed E-state index contributed by atoms with van der Waals surface area (Å²) < 4.78 is 0. The van der Waals surface area contributed by atoms with Crippen LogP contribution in [0.15, 0.2) is 5.10 Å². The van der Waals surface area contributed by atoms with E-state index in [1.165, 1.54) is 0 Å². The van der Waals surface area contributed by atoms with E-state index in [-0.39, 0.29) is 48.4 Å². The molecule has 0 spiro atoms. The number of carbonyl (C=O) groups is 3. The molecule has 19 heavy (non-hydrogen) atoms. The summed E-state index contributed by atoms with van der Waals surface area (Å²) in [6.45, 7) is 5.92. The average Bonchev–Trinajstić information content (AvgIpc) is 2.27. The summed E-state index contributed by atoms with van der Waals surface area (Å²) in [5.41, 5.74) is 2.26. The molecule has 0 bridgehead atoms. The van der Waals surface area contributed by atoms with E-state index < -0.39 is 0 Å². The predicted molar refractivity (Wildman–Crippen MR) is 70.3 cm³/mol. The number of hydrogen-bond donors (Lipinski definition) is 3. The molecule has 3 N–H and O–H groups in total. The lowest BCUT2D eigenvalue weighted by atomic mass is 10.1. The number of rotatable bonds is 4. The van der Waals surface area contributed by atoms with E-state index in [0.29, 0.717) is 6.42 Å². The molecule has 3 amide bonds. The van der Waals surface area contributed by atoms with E-state index in [0.717, 1.165) is 0 Å². The normalized spacial score (nSPS) is 15.3. The maximum Gasteiger partial charge on any atom is 0.267 e. The first-order valence-corrected chi connectivity index (χ1v) is 6.22. The number of hydrogen-bond acceptors (Lipinski definition) is 4. The highest BCUT2D eigenvalue weighted by molar-refractivity contribution is 6.39. The van der Waals surface area contributed by atoms with Crippen molar-refractivity contribution in [3.8, 4) is 0 Å². The van der Waals surface area contributed by atoms with E-state index in [9.17, 15) is 14.4 Å². The second kappa shape index (κ2) is 6.31. The summed E-state index contributed by atoms with van der Waals surface area (Å²) in [5, 5.41) is 9.07. The van der Waals surface area contributed by atoms with Crippen molar-refractivity contribution < 1.29 is 14.4 Å². The zero-order chi connectivity index (χ0) is 14.5. The minimum atomic E-state index is -0.344. The van der Waals surface area contributed by atoms with Crippen molar-refractivity contribution in [2.45, 2.75) is 45.6 Å². The van der Waals surface area contributed by atoms with E-state index in [1.54, 1.807) is 0 Å². The summed E-state index contributed by atoms with van der Waals surface area (Å²) in [7, 11) is 0. The Morgan fingerprint density at radius 2 is 2.00 bits per heavy atom. The van der Waals surface area contributed by atoms with Gasteiger partial charge < -0.3 is 10.6 Å². The molecular formula is C12H20N4O3. The third-order valence-electron chi connectivity index (χ3n) is 2.32. The first-order valence-electron chi connectivity index (χ1n) is 6.22. The molecule has 0 radical (unpaired) electrons. The van der Waals surface area contributed by atoms with Gasteiger partial charge in [0, 0.05) is 31.3 Å². The van der Waals surface area contributed by atoms with Crippen molar-refractivity contribution in [1.82, 2.24) is 16.1 Å². The summed E-state index contributed by atoms with van der Waals surface area (Å²) in [6.07, 6.45) is 0.797. The van der Waals surface area contributed by atoms with Crippen molar-refractivity contribution in [1.29, 1.82) is 0 Å². The van der Waals surface area contributed by atoms with Crippen LogP contribution in [0.5, 0.6) is 0 Å². The van der Waals surface area contributed by atoms with Gasteiger partial charge in [-0.3, -0.25) is 14.4 Å². The molecule has 1 aliphatic heterocycles.